The molecule has 0 aliphatic rings. The van der Waals surface area contributed by atoms with Gasteiger partial charge in [0.05, 0.1) is 13.2 Å². The second-order valence-electron chi connectivity index (χ2n) is 4.55. The van der Waals surface area contributed by atoms with E-state index in [-0.39, 0.29) is 25.3 Å². The van der Waals surface area contributed by atoms with Crippen molar-refractivity contribution in [2.45, 2.75) is 6.54 Å². The van der Waals surface area contributed by atoms with E-state index < -0.39 is 17.2 Å². The first-order valence-electron chi connectivity index (χ1n) is 6.35. The third kappa shape index (κ3) is 3.54. The Morgan fingerprint density at radius 3 is 2.82 bits per heavy atom. The molecule has 2 heterocycles. The van der Waals surface area contributed by atoms with E-state index in [1.165, 1.54) is 23.3 Å². The summed E-state index contributed by atoms with van der Waals surface area (Å²) in [6, 6.07) is 1.87. The van der Waals surface area contributed by atoms with Crippen molar-refractivity contribution in [2.24, 2.45) is 7.05 Å². The zero-order valence-corrected chi connectivity index (χ0v) is 14.1. The van der Waals surface area contributed by atoms with E-state index >= 15 is 0 Å². The molecule has 2 aromatic rings. The number of carbonyl (C=O) groups excluding carboxylic acids is 1. The molecule has 2 N–H and O–H groups in total. The number of hydrogen-bond acceptors (Lipinski definition) is 5. The van der Waals surface area contributed by atoms with Crippen molar-refractivity contribution < 1.29 is 9.90 Å². The summed E-state index contributed by atoms with van der Waals surface area (Å²) in [6.45, 7) is 0.149. The number of aromatic nitrogens is 2. The number of rotatable bonds is 5. The Labute approximate surface area is 138 Å². The van der Waals surface area contributed by atoms with E-state index in [0.29, 0.717) is 0 Å². The van der Waals surface area contributed by atoms with Crippen LogP contribution in [-0.2, 0) is 13.6 Å². The fourth-order valence-electron chi connectivity index (χ4n) is 1.89. The summed E-state index contributed by atoms with van der Waals surface area (Å²) in [4.78, 5) is 40.5. The molecular formula is C13H14BrN3O4S. The number of H-pyrrole nitrogens is 1. The number of aliphatic hydroxyl groups excluding tert-OH is 1. The van der Waals surface area contributed by atoms with Crippen LogP contribution in [0.15, 0.2) is 31.7 Å². The van der Waals surface area contributed by atoms with Gasteiger partial charge in [-0.15, -0.1) is 11.3 Å². The minimum absolute atomic E-state index is 0.0939. The van der Waals surface area contributed by atoms with Crippen LogP contribution >= 0.6 is 27.3 Å². The minimum Gasteiger partial charge on any atom is -0.395 e. The number of carbonyl (C=O) groups is 1. The molecule has 0 aliphatic carbocycles. The summed E-state index contributed by atoms with van der Waals surface area (Å²) >= 11 is 4.80. The van der Waals surface area contributed by atoms with Gasteiger partial charge in [0.1, 0.15) is 5.56 Å². The van der Waals surface area contributed by atoms with Crippen LogP contribution in [0, 0.1) is 0 Å². The van der Waals surface area contributed by atoms with Crippen molar-refractivity contribution in [3.8, 4) is 0 Å². The lowest BCUT2D eigenvalue weighted by atomic mass is 10.2. The monoisotopic (exact) mass is 387 g/mol. The highest BCUT2D eigenvalue weighted by Crippen LogP contribution is 2.21. The van der Waals surface area contributed by atoms with Crippen molar-refractivity contribution in [2.75, 3.05) is 13.2 Å². The first-order valence-corrected chi connectivity index (χ1v) is 8.03. The van der Waals surface area contributed by atoms with Crippen LogP contribution in [0.2, 0.25) is 0 Å². The standard InChI is InChI=1S/C13H14BrN3O4S/c1-16-11(19)10(5-15-13(16)21)12(20)17(2-3-18)6-9-4-8(14)7-22-9/h4-5,7,18H,2-3,6H2,1H3,(H,15,21). The Morgan fingerprint density at radius 1 is 1.50 bits per heavy atom. The Kier molecular flexibility index (Phi) is 5.33. The van der Waals surface area contributed by atoms with Crippen LogP contribution in [0.4, 0.5) is 0 Å². The largest absolute Gasteiger partial charge is 0.395 e. The molecule has 1 amide bonds. The van der Waals surface area contributed by atoms with Gasteiger partial charge in [0.15, 0.2) is 0 Å². The molecule has 0 unspecified atom stereocenters. The topological polar surface area (TPSA) is 95.4 Å². The molecular weight excluding hydrogens is 374 g/mol. The zero-order valence-electron chi connectivity index (χ0n) is 11.7. The lowest BCUT2D eigenvalue weighted by Crippen LogP contribution is -2.41. The van der Waals surface area contributed by atoms with E-state index in [1.807, 2.05) is 11.4 Å². The lowest BCUT2D eigenvalue weighted by molar-refractivity contribution is 0.0706. The van der Waals surface area contributed by atoms with E-state index in [2.05, 4.69) is 20.9 Å². The number of halogens is 1. The fourth-order valence-corrected chi connectivity index (χ4v) is 3.35. The quantitative estimate of drug-likeness (QED) is 0.782. The van der Waals surface area contributed by atoms with Gasteiger partial charge in [-0.1, -0.05) is 0 Å². The van der Waals surface area contributed by atoms with Crippen molar-refractivity contribution >= 4 is 33.2 Å². The molecule has 0 spiro atoms. The SMILES string of the molecule is Cn1c(=O)[nH]cc(C(=O)N(CCO)Cc2cc(Br)cs2)c1=O. The van der Waals surface area contributed by atoms with Crippen LogP contribution in [0.5, 0.6) is 0 Å². The van der Waals surface area contributed by atoms with Crippen molar-refractivity contribution in [1.82, 2.24) is 14.5 Å². The summed E-state index contributed by atoms with van der Waals surface area (Å²) in [7, 11) is 1.30. The van der Waals surface area contributed by atoms with Crippen LogP contribution in [0.25, 0.3) is 0 Å². The Morgan fingerprint density at radius 2 is 2.23 bits per heavy atom. The van der Waals surface area contributed by atoms with Gasteiger partial charge in [-0.25, -0.2) is 4.79 Å². The average Bonchev–Trinajstić information content (AvgIpc) is 2.89. The number of amides is 1. The van der Waals surface area contributed by atoms with E-state index in [1.54, 1.807) is 0 Å². The predicted molar refractivity (Wildman–Crippen MR) is 86.1 cm³/mol. The highest BCUT2D eigenvalue weighted by Gasteiger charge is 2.20. The maximum atomic E-state index is 12.5. The third-order valence-corrected chi connectivity index (χ3v) is 4.72. The van der Waals surface area contributed by atoms with Crippen LogP contribution in [-0.4, -0.2) is 38.6 Å². The van der Waals surface area contributed by atoms with Gasteiger partial charge in [0.25, 0.3) is 11.5 Å². The van der Waals surface area contributed by atoms with Crippen LogP contribution < -0.4 is 11.2 Å². The Bertz CT molecular complexity index is 795. The maximum Gasteiger partial charge on any atom is 0.328 e. The maximum absolute atomic E-state index is 12.5. The van der Waals surface area contributed by atoms with Crippen LogP contribution in [0.1, 0.15) is 15.2 Å². The van der Waals surface area contributed by atoms with Crippen molar-refractivity contribution in [3.63, 3.8) is 0 Å². The lowest BCUT2D eigenvalue weighted by Gasteiger charge is -2.20. The Hall–Kier alpha value is -1.71. The van der Waals surface area contributed by atoms with Gasteiger partial charge in [-0.3, -0.25) is 14.2 Å². The number of aliphatic hydroxyl groups is 1. The summed E-state index contributed by atoms with van der Waals surface area (Å²) < 4.78 is 1.75. The normalized spacial score (nSPS) is 10.7. The van der Waals surface area contributed by atoms with Crippen molar-refractivity contribution in [3.05, 3.63) is 53.4 Å². The molecule has 0 saturated carbocycles. The highest BCUT2D eigenvalue weighted by molar-refractivity contribution is 9.10. The first kappa shape index (κ1) is 16.7. The minimum atomic E-state index is -0.663. The van der Waals surface area contributed by atoms with Gasteiger partial charge in [-0.2, -0.15) is 0 Å². The molecule has 0 aromatic carbocycles. The molecule has 118 valence electrons. The second kappa shape index (κ2) is 7.03. The smallest absolute Gasteiger partial charge is 0.328 e. The van der Waals surface area contributed by atoms with Gasteiger partial charge < -0.3 is 15.0 Å². The molecule has 2 aromatic heterocycles. The van der Waals surface area contributed by atoms with E-state index in [0.717, 1.165) is 20.1 Å². The van der Waals surface area contributed by atoms with E-state index in [4.69, 9.17) is 5.11 Å². The molecule has 0 fully saturated rings. The van der Waals surface area contributed by atoms with Gasteiger partial charge in [0.2, 0.25) is 0 Å². The summed E-state index contributed by atoms with van der Waals surface area (Å²) in [5.74, 6) is -0.532. The summed E-state index contributed by atoms with van der Waals surface area (Å²) in [6.07, 6.45) is 1.11. The number of aromatic amines is 1. The molecule has 0 bridgehead atoms. The molecule has 0 radical (unpaired) electrons. The fraction of sp³-hybridized carbons (Fsp3) is 0.308. The number of nitrogens with one attached hydrogen (secondary N) is 1. The second-order valence-corrected chi connectivity index (χ2v) is 6.46. The molecule has 7 nitrogen and oxygen atoms in total. The summed E-state index contributed by atoms with van der Waals surface area (Å²) in [5, 5.41) is 11.0. The van der Waals surface area contributed by atoms with Gasteiger partial charge in [-0.05, 0) is 22.0 Å². The number of thiophene rings is 1. The average molecular weight is 388 g/mol. The highest BCUT2D eigenvalue weighted by atomic mass is 79.9. The molecule has 0 aliphatic heterocycles. The molecule has 0 saturated heterocycles. The third-order valence-electron chi connectivity index (χ3n) is 3.04. The number of nitrogens with zero attached hydrogens (tertiary/aromatic N) is 2. The van der Waals surface area contributed by atoms with Gasteiger partial charge >= 0.3 is 5.69 Å². The van der Waals surface area contributed by atoms with Crippen molar-refractivity contribution in [1.29, 1.82) is 0 Å². The molecule has 2 rings (SSSR count). The number of hydrogen-bond donors (Lipinski definition) is 2. The molecule has 22 heavy (non-hydrogen) atoms. The predicted octanol–water partition coefficient (Wildman–Crippen LogP) is 0.532. The Balaban J connectivity index is 2.32. The molecule has 9 heteroatoms. The zero-order chi connectivity index (χ0) is 16.3. The summed E-state index contributed by atoms with van der Waals surface area (Å²) in [5.41, 5.74) is -1.38. The molecule has 0 atom stereocenters. The van der Waals surface area contributed by atoms with E-state index in [9.17, 15) is 14.4 Å². The van der Waals surface area contributed by atoms with Crippen LogP contribution in [0.3, 0.4) is 0 Å². The van der Waals surface area contributed by atoms with Gasteiger partial charge in [0, 0.05) is 34.5 Å². The first-order chi connectivity index (χ1) is 10.4.